The minimum absolute atomic E-state index is 0.273. The van der Waals surface area contributed by atoms with Crippen molar-refractivity contribution in [3.05, 3.63) is 52.9 Å². The van der Waals surface area contributed by atoms with Crippen LogP contribution in [-0.4, -0.2) is 16.3 Å². The van der Waals surface area contributed by atoms with Crippen LogP contribution >= 0.6 is 0 Å². The van der Waals surface area contributed by atoms with Crippen molar-refractivity contribution < 1.29 is 8.78 Å². The number of hydrogen-bond acceptors (Lipinski definition) is 2. The van der Waals surface area contributed by atoms with E-state index >= 15 is 0 Å². The Hall–Kier alpha value is -1.75. The molecule has 1 aromatic carbocycles. The number of halogens is 2. The van der Waals surface area contributed by atoms with Crippen LogP contribution in [-0.2, 0) is 13.5 Å². The fraction of sp³-hybridized carbons (Fsp3) is 0.400. The minimum Gasteiger partial charge on any atom is -0.310 e. The number of nitrogens with zero attached hydrogens (tertiary/aromatic N) is 2. The number of likely N-dealkylation sites (N-methyl/N-ethyl adjacent to an activating group) is 1. The van der Waals surface area contributed by atoms with Crippen molar-refractivity contribution >= 4 is 0 Å². The van der Waals surface area contributed by atoms with Gasteiger partial charge in [-0.1, -0.05) is 6.92 Å². The first-order valence-electron chi connectivity index (χ1n) is 6.69. The molecule has 0 fully saturated rings. The van der Waals surface area contributed by atoms with Crippen molar-refractivity contribution in [3.63, 3.8) is 0 Å². The molecule has 1 N–H and O–H groups in total. The molecule has 0 spiro atoms. The highest BCUT2D eigenvalue weighted by molar-refractivity contribution is 5.24. The van der Waals surface area contributed by atoms with E-state index in [-0.39, 0.29) is 6.04 Å². The van der Waals surface area contributed by atoms with E-state index in [0.29, 0.717) is 18.5 Å². The number of benzene rings is 1. The molecular formula is C15H19F2N3. The summed E-state index contributed by atoms with van der Waals surface area (Å²) in [5.74, 6) is -0.818. The minimum atomic E-state index is -0.425. The Morgan fingerprint density at radius 2 is 2.05 bits per heavy atom. The quantitative estimate of drug-likeness (QED) is 0.912. The third kappa shape index (κ3) is 3.22. The van der Waals surface area contributed by atoms with Crippen molar-refractivity contribution in [2.75, 3.05) is 6.54 Å². The van der Waals surface area contributed by atoms with E-state index in [1.165, 1.54) is 12.1 Å². The van der Waals surface area contributed by atoms with Gasteiger partial charge in [0, 0.05) is 30.8 Å². The predicted molar refractivity (Wildman–Crippen MR) is 74.4 cm³/mol. The smallest absolute Gasteiger partial charge is 0.128 e. The van der Waals surface area contributed by atoms with Crippen molar-refractivity contribution in [1.29, 1.82) is 0 Å². The Labute approximate surface area is 117 Å². The van der Waals surface area contributed by atoms with E-state index < -0.39 is 11.6 Å². The lowest BCUT2D eigenvalue weighted by atomic mass is 10.0. The molecule has 1 aromatic heterocycles. The third-order valence-corrected chi connectivity index (χ3v) is 3.30. The van der Waals surface area contributed by atoms with Crippen molar-refractivity contribution in [2.45, 2.75) is 26.3 Å². The summed E-state index contributed by atoms with van der Waals surface area (Å²) >= 11 is 0. The van der Waals surface area contributed by atoms with Gasteiger partial charge in [-0.25, -0.2) is 8.78 Å². The van der Waals surface area contributed by atoms with Gasteiger partial charge in [0.25, 0.3) is 0 Å². The van der Waals surface area contributed by atoms with Gasteiger partial charge in [0.2, 0.25) is 0 Å². The van der Waals surface area contributed by atoms with Crippen molar-refractivity contribution in [1.82, 2.24) is 15.1 Å². The first-order chi connectivity index (χ1) is 9.51. The average Bonchev–Trinajstić information content (AvgIpc) is 2.70. The molecule has 1 unspecified atom stereocenters. The lowest BCUT2D eigenvalue weighted by Gasteiger charge is -2.19. The highest BCUT2D eigenvalue weighted by Gasteiger charge is 2.18. The SMILES string of the molecule is CCNC(Cc1cc(C)nn1C)c1cc(F)ccc1F. The van der Waals surface area contributed by atoms with E-state index in [1.807, 2.05) is 27.0 Å². The molecule has 2 rings (SSSR count). The fourth-order valence-electron chi connectivity index (χ4n) is 2.38. The highest BCUT2D eigenvalue weighted by Crippen LogP contribution is 2.22. The molecule has 0 saturated heterocycles. The predicted octanol–water partition coefficient (Wildman–Crippen LogP) is 2.90. The Bertz CT molecular complexity index is 593. The second-order valence-corrected chi connectivity index (χ2v) is 4.88. The molecule has 0 aliphatic carbocycles. The van der Waals surface area contributed by atoms with Crippen LogP contribution in [0.2, 0.25) is 0 Å². The molecule has 1 heterocycles. The van der Waals surface area contributed by atoms with Crippen LogP contribution in [0.3, 0.4) is 0 Å². The zero-order valence-electron chi connectivity index (χ0n) is 12.0. The van der Waals surface area contributed by atoms with E-state index in [2.05, 4.69) is 10.4 Å². The first kappa shape index (κ1) is 14.7. The molecule has 108 valence electrons. The maximum absolute atomic E-state index is 13.9. The molecule has 0 aliphatic heterocycles. The van der Waals surface area contributed by atoms with Crippen LogP contribution in [0.15, 0.2) is 24.3 Å². The van der Waals surface area contributed by atoms with Crippen LogP contribution in [0.4, 0.5) is 8.78 Å². The van der Waals surface area contributed by atoms with Gasteiger partial charge in [-0.15, -0.1) is 0 Å². The molecular weight excluding hydrogens is 260 g/mol. The Morgan fingerprint density at radius 1 is 1.30 bits per heavy atom. The van der Waals surface area contributed by atoms with E-state index in [9.17, 15) is 8.78 Å². The number of aromatic nitrogens is 2. The topological polar surface area (TPSA) is 29.9 Å². The number of aryl methyl sites for hydroxylation is 2. The summed E-state index contributed by atoms with van der Waals surface area (Å²) in [7, 11) is 1.85. The van der Waals surface area contributed by atoms with E-state index in [1.54, 1.807) is 4.68 Å². The second-order valence-electron chi connectivity index (χ2n) is 4.88. The molecule has 1 atom stereocenters. The third-order valence-electron chi connectivity index (χ3n) is 3.30. The second kappa shape index (κ2) is 6.13. The lowest BCUT2D eigenvalue weighted by molar-refractivity contribution is 0.490. The molecule has 20 heavy (non-hydrogen) atoms. The molecule has 0 radical (unpaired) electrons. The summed E-state index contributed by atoms with van der Waals surface area (Å²) in [6.45, 7) is 4.53. The van der Waals surface area contributed by atoms with E-state index in [4.69, 9.17) is 0 Å². The van der Waals surface area contributed by atoms with Gasteiger partial charge in [-0.3, -0.25) is 4.68 Å². The van der Waals surface area contributed by atoms with Gasteiger partial charge >= 0.3 is 0 Å². The van der Waals surface area contributed by atoms with E-state index in [0.717, 1.165) is 17.5 Å². The molecule has 0 aliphatic rings. The van der Waals surface area contributed by atoms with Crippen LogP contribution in [0, 0.1) is 18.6 Å². The van der Waals surface area contributed by atoms with Gasteiger partial charge in [0.15, 0.2) is 0 Å². The average molecular weight is 279 g/mol. The number of nitrogens with one attached hydrogen (secondary N) is 1. The summed E-state index contributed by atoms with van der Waals surface area (Å²) in [6, 6.07) is 5.25. The maximum atomic E-state index is 13.9. The zero-order valence-corrected chi connectivity index (χ0v) is 12.0. The maximum Gasteiger partial charge on any atom is 0.128 e. The van der Waals surface area contributed by atoms with Crippen molar-refractivity contribution in [2.24, 2.45) is 7.05 Å². The summed E-state index contributed by atoms with van der Waals surface area (Å²) in [6.07, 6.45) is 0.561. The monoisotopic (exact) mass is 279 g/mol. The van der Waals surface area contributed by atoms with Crippen LogP contribution in [0.1, 0.15) is 29.9 Å². The largest absolute Gasteiger partial charge is 0.310 e. The van der Waals surface area contributed by atoms with Crippen LogP contribution in [0.5, 0.6) is 0 Å². The Balaban J connectivity index is 2.31. The van der Waals surface area contributed by atoms with Gasteiger partial charge in [0.1, 0.15) is 11.6 Å². The normalized spacial score (nSPS) is 12.7. The summed E-state index contributed by atoms with van der Waals surface area (Å²) in [5, 5.41) is 7.48. The molecule has 0 amide bonds. The molecule has 5 heteroatoms. The van der Waals surface area contributed by atoms with Gasteiger partial charge in [0.05, 0.1) is 5.69 Å². The Kier molecular flexibility index (Phi) is 4.49. The van der Waals surface area contributed by atoms with Gasteiger partial charge in [-0.05, 0) is 37.7 Å². The van der Waals surface area contributed by atoms with Crippen molar-refractivity contribution in [3.8, 4) is 0 Å². The summed E-state index contributed by atoms with van der Waals surface area (Å²) in [4.78, 5) is 0. The zero-order chi connectivity index (χ0) is 14.7. The van der Waals surface area contributed by atoms with Crippen LogP contribution in [0.25, 0.3) is 0 Å². The standard InChI is InChI=1S/C15H19F2N3/c1-4-18-15(9-12-7-10(2)19-20(12)3)13-8-11(16)5-6-14(13)17/h5-8,15,18H,4,9H2,1-3H3. The lowest BCUT2D eigenvalue weighted by Crippen LogP contribution is -2.25. The summed E-state index contributed by atoms with van der Waals surface area (Å²) in [5.41, 5.74) is 2.25. The number of hydrogen-bond donors (Lipinski definition) is 1. The molecule has 3 nitrogen and oxygen atoms in total. The Morgan fingerprint density at radius 3 is 2.65 bits per heavy atom. The molecule has 2 aromatic rings. The van der Waals surface area contributed by atoms with Gasteiger partial charge < -0.3 is 5.32 Å². The van der Waals surface area contributed by atoms with Gasteiger partial charge in [-0.2, -0.15) is 5.10 Å². The molecule has 0 saturated carbocycles. The highest BCUT2D eigenvalue weighted by atomic mass is 19.1. The molecule has 0 bridgehead atoms. The first-order valence-corrected chi connectivity index (χ1v) is 6.69. The summed E-state index contributed by atoms with van der Waals surface area (Å²) < 4.78 is 29.1. The fourth-order valence-corrected chi connectivity index (χ4v) is 2.38. The van der Waals surface area contributed by atoms with Crippen LogP contribution < -0.4 is 5.32 Å². The number of rotatable bonds is 5.